The fraction of sp³-hybridized carbons (Fsp3) is 0.344. The zero-order valence-corrected chi connectivity index (χ0v) is 27.0. The number of imidazole rings is 1. The third-order valence-corrected chi connectivity index (χ3v) is 8.30. The number of nitrogens with zero attached hydrogens (tertiary/aromatic N) is 6. The Morgan fingerprint density at radius 2 is 1.86 bits per heavy atom. The third-order valence-electron chi connectivity index (χ3n) is 6.99. The summed E-state index contributed by atoms with van der Waals surface area (Å²) >= 11 is 7.66. The Balaban J connectivity index is 0.000000249. The van der Waals surface area contributed by atoms with E-state index in [4.69, 9.17) is 22.1 Å². The number of piperidine rings is 1. The van der Waals surface area contributed by atoms with Gasteiger partial charge < -0.3 is 20.1 Å². The third kappa shape index (κ3) is 7.51. The molecule has 0 aliphatic carbocycles. The molecule has 1 aliphatic rings. The number of rotatable bonds is 5. The normalized spacial score (nSPS) is 13.4. The Morgan fingerprint density at radius 3 is 2.59 bits per heavy atom. The lowest BCUT2D eigenvalue weighted by molar-refractivity contribution is 0.0216. The van der Waals surface area contributed by atoms with Gasteiger partial charge in [-0.25, -0.2) is 24.7 Å². The number of likely N-dealkylation sites (tertiary alicyclic amines) is 1. The first kappa shape index (κ1) is 31.3. The first-order valence-electron chi connectivity index (χ1n) is 14.7. The summed E-state index contributed by atoms with van der Waals surface area (Å²) in [5.74, 6) is 0.939. The van der Waals surface area contributed by atoms with E-state index in [0.717, 1.165) is 70.6 Å². The largest absolute Gasteiger partial charge is 0.444 e. The Bertz CT molecular complexity index is 1770. The molecule has 0 radical (unpaired) electrons. The first-order valence-corrected chi connectivity index (χ1v) is 15.9. The lowest BCUT2D eigenvalue weighted by atomic mass is 10.0. The van der Waals surface area contributed by atoms with Gasteiger partial charge >= 0.3 is 6.09 Å². The number of halogens is 1. The van der Waals surface area contributed by atoms with Gasteiger partial charge in [0.25, 0.3) is 0 Å². The number of nitrogens with one attached hydrogen (secondary N) is 1. The fourth-order valence-corrected chi connectivity index (χ4v) is 5.80. The minimum Gasteiger partial charge on any atom is -0.444 e. The first-order chi connectivity index (χ1) is 21.1. The van der Waals surface area contributed by atoms with Crippen molar-refractivity contribution < 1.29 is 9.53 Å². The van der Waals surface area contributed by atoms with E-state index in [1.165, 1.54) is 18.4 Å². The van der Waals surface area contributed by atoms with Crippen molar-refractivity contribution in [2.45, 2.75) is 63.9 Å². The standard InChI is InChI=1S/C22H18ClN7S.C10H19NO2/c1-2-13-9-14(10-15-11-27-22(24)28-19(13)15)17-12-26-21-20(25-7-8-30(17)21)29-31-18-6-4-3-5-16(18)23;1-10(2,3)13-9(12)11-7-5-4-6-8-11/h3-12H,2H2,1H3,(H,25,29)(H2,24,27,28);4-8H2,1-3H3. The van der Waals surface area contributed by atoms with Crippen LogP contribution in [0.15, 0.2) is 66.1 Å². The van der Waals surface area contributed by atoms with Crippen molar-refractivity contribution in [1.82, 2.24) is 29.2 Å². The molecule has 1 aliphatic heterocycles. The van der Waals surface area contributed by atoms with E-state index in [-0.39, 0.29) is 17.6 Å². The SMILES string of the molecule is CC(C)(C)OC(=O)N1CCCCC1.CCc1cc(-c2cnc3c(NSc4ccccc4Cl)nccn23)cc2cnc(N)nc12. The molecule has 3 aromatic heterocycles. The second-order valence-electron chi connectivity index (χ2n) is 11.4. The van der Waals surface area contributed by atoms with Gasteiger partial charge in [-0.05, 0) is 88.2 Å². The number of nitrogens with two attached hydrogens (primary N) is 1. The monoisotopic (exact) mass is 632 g/mol. The second-order valence-corrected chi connectivity index (χ2v) is 12.7. The topological polar surface area (TPSA) is 124 Å². The molecule has 0 unspecified atom stereocenters. The molecule has 12 heteroatoms. The summed E-state index contributed by atoms with van der Waals surface area (Å²) in [6, 6.07) is 11.8. The van der Waals surface area contributed by atoms with Crippen LogP contribution in [0.3, 0.4) is 0 Å². The van der Waals surface area contributed by atoms with Crippen molar-refractivity contribution >= 4 is 58.0 Å². The maximum Gasteiger partial charge on any atom is 0.410 e. The minimum atomic E-state index is -0.367. The molecule has 5 aromatic rings. The van der Waals surface area contributed by atoms with Crippen LogP contribution in [0.1, 0.15) is 52.5 Å². The quantitative estimate of drug-likeness (QED) is 0.188. The van der Waals surface area contributed by atoms with Crippen LogP contribution in [0, 0.1) is 0 Å². The molecule has 10 nitrogen and oxygen atoms in total. The number of nitrogen functional groups attached to an aromatic ring is 1. The number of amides is 1. The number of hydrogen-bond donors (Lipinski definition) is 2. The molecule has 1 amide bonds. The van der Waals surface area contributed by atoms with E-state index >= 15 is 0 Å². The number of aromatic nitrogens is 5. The number of carbonyl (C=O) groups is 1. The molecule has 6 rings (SSSR count). The van der Waals surface area contributed by atoms with Crippen molar-refractivity contribution in [2.24, 2.45) is 0 Å². The van der Waals surface area contributed by atoms with Crippen LogP contribution in [0.4, 0.5) is 16.6 Å². The van der Waals surface area contributed by atoms with Crippen molar-refractivity contribution in [1.29, 1.82) is 0 Å². The number of hydrogen-bond acceptors (Lipinski definition) is 9. The molecule has 1 fully saturated rings. The summed E-state index contributed by atoms with van der Waals surface area (Å²) in [4.78, 5) is 31.9. The predicted molar refractivity (Wildman–Crippen MR) is 178 cm³/mol. The lowest BCUT2D eigenvalue weighted by Gasteiger charge is -2.29. The van der Waals surface area contributed by atoms with Crippen LogP contribution in [0.5, 0.6) is 0 Å². The predicted octanol–water partition coefficient (Wildman–Crippen LogP) is 7.66. The van der Waals surface area contributed by atoms with E-state index < -0.39 is 0 Å². The van der Waals surface area contributed by atoms with E-state index in [2.05, 4.69) is 43.7 Å². The van der Waals surface area contributed by atoms with Crippen LogP contribution in [0.25, 0.3) is 27.8 Å². The van der Waals surface area contributed by atoms with Gasteiger partial charge in [0.05, 0.1) is 22.4 Å². The average molecular weight is 633 g/mol. The van der Waals surface area contributed by atoms with Gasteiger partial charge in [-0.1, -0.05) is 30.7 Å². The Morgan fingerprint density at radius 1 is 1.09 bits per heavy atom. The van der Waals surface area contributed by atoms with E-state index in [0.29, 0.717) is 10.8 Å². The molecule has 1 saturated heterocycles. The fourth-order valence-electron chi connectivity index (χ4n) is 4.89. The number of aryl methyl sites for hydroxylation is 1. The molecule has 4 heterocycles. The van der Waals surface area contributed by atoms with Gasteiger partial charge in [0.15, 0.2) is 11.5 Å². The maximum absolute atomic E-state index is 11.5. The van der Waals surface area contributed by atoms with Gasteiger partial charge in [0.2, 0.25) is 5.95 Å². The summed E-state index contributed by atoms with van der Waals surface area (Å²) in [7, 11) is 0. The van der Waals surface area contributed by atoms with E-state index in [1.807, 2.05) is 61.8 Å². The lowest BCUT2D eigenvalue weighted by Crippen LogP contribution is -2.39. The van der Waals surface area contributed by atoms with Crippen molar-refractivity contribution in [2.75, 3.05) is 23.5 Å². The molecule has 44 heavy (non-hydrogen) atoms. The molecule has 0 atom stereocenters. The second kappa shape index (κ2) is 13.7. The van der Waals surface area contributed by atoms with Crippen LogP contribution in [-0.4, -0.2) is 54.0 Å². The molecule has 2 aromatic carbocycles. The van der Waals surface area contributed by atoms with E-state index in [9.17, 15) is 4.79 Å². The zero-order chi connectivity index (χ0) is 31.3. The summed E-state index contributed by atoms with van der Waals surface area (Å²) in [6.45, 7) is 9.51. The highest BCUT2D eigenvalue weighted by atomic mass is 35.5. The Labute approximate surface area is 266 Å². The van der Waals surface area contributed by atoms with Gasteiger partial charge in [0, 0.05) is 47.5 Å². The van der Waals surface area contributed by atoms with Crippen molar-refractivity contribution in [3.63, 3.8) is 0 Å². The number of fused-ring (bicyclic) bond motifs is 2. The number of benzene rings is 2. The summed E-state index contributed by atoms with van der Waals surface area (Å²) < 4.78 is 10.6. The van der Waals surface area contributed by atoms with Crippen LogP contribution in [-0.2, 0) is 11.2 Å². The van der Waals surface area contributed by atoms with Gasteiger partial charge in [-0.3, -0.25) is 4.40 Å². The number of carbonyl (C=O) groups excluding carboxylic acids is 1. The van der Waals surface area contributed by atoms with Gasteiger partial charge in [-0.2, -0.15) is 0 Å². The molecular weight excluding hydrogens is 596 g/mol. The van der Waals surface area contributed by atoms with Gasteiger partial charge in [0.1, 0.15) is 5.60 Å². The highest BCUT2D eigenvalue weighted by Crippen LogP contribution is 2.31. The van der Waals surface area contributed by atoms with Gasteiger partial charge in [-0.15, -0.1) is 0 Å². The van der Waals surface area contributed by atoms with Crippen molar-refractivity contribution in [3.8, 4) is 11.3 Å². The zero-order valence-electron chi connectivity index (χ0n) is 25.4. The van der Waals surface area contributed by atoms with Crippen LogP contribution < -0.4 is 10.5 Å². The maximum atomic E-state index is 11.5. The highest BCUT2D eigenvalue weighted by Gasteiger charge is 2.23. The summed E-state index contributed by atoms with van der Waals surface area (Å²) in [6.07, 6.45) is 11.4. The molecule has 3 N–H and O–H groups in total. The summed E-state index contributed by atoms with van der Waals surface area (Å²) in [5, 5.41) is 1.63. The minimum absolute atomic E-state index is 0.160. The molecule has 0 spiro atoms. The van der Waals surface area contributed by atoms with E-state index in [1.54, 1.807) is 17.3 Å². The summed E-state index contributed by atoms with van der Waals surface area (Å²) in [5.41, 5.74) is 10.1. The average Bonchev–Trinajstić information content (AvgIpc) is 3.45. The number of ether oxygens (including phenoxy) is 1. The molecule has 230 valence electrons. The number of anilines is 2. The Hall–Kier alpha value is -4.09. The van der Waals surface area contributed by atoms with Crippen LogP contribution >= 0.6 is 23.5 Å². The van der Waals surface area contributed by atoms with Crippen molar-refractivity contribution in [3.05, 3.63) is 71.8 Å². The highest BCUT2D eigenvalue weighted by molar-refractivity contribution is 8.00. The molecule has 0 saturated carbocycles. The molecular formula is C32H37ClN8O2S. The smallest absolute Gasteiger partial charge is 0.410 e. The Kier molecular flexibility index (Phi) is 9.75. The van der Waals surface area contributed by atoms with Crippen LogP contribution in [0.2, 0.25) is 5.02 Å². The molecule has 0 bridgehead atoms.